The lowest BCUT2D eigenvalue weighted by Crippen LogP contribution is -2.24. The first-order chi connectivity index (χ1) is 8.02. The first-order valence-electron chi connectivity index (χ1n) is 6.53. The summed E-state index contributed by atoms with van der Waals surface area (Å²) in [6, 6.07) is 0.473. The molecule has 0 aliphatic heterocycles. The fourth-order valence-corrected chi connectivity index (χ4v) is 3.31. The Kier molecular flexibility index (Phi) is 3.36. The molecule has 94 valence electrons. The SMILES string of the molecule is Cc1nn(C2CC(C)CC(C)C2)c(C)c1C=O. The summed E-state index contributed by atoms with van der Waals surface area (Å²) in [7, 11) is 0. The van der Waals surface area contributed by atoms with Crippen molar-refractivity contribution in [1.29, 1.82) is 0 Å². The fraction of sp³-hybridized carbons (Fsp3) is 0.714. The maximum absolute atomic E-state index is 11.0. The number of hydrogen-bond acceptors (Lipinski definition) is 2. The summed E-state index contributed by atoms with van der Waals surface area (Å²) in [5.74, 6) is 1.51. The highest BCUT2D eigenvalue weighted by Crippen LogP contribution is 2.36. The lowest BCUT2D eigenvalue weighted by molar-refractivity contribution is 0.112. The van der Waals surface area contributed by atoms with Gasteiger partial charge in [-0.2, -0.15) is 5.10 Å². The fourth-order valence-electron chi connectivity index (χ4n) is 3.31. The van der Waals surface area contributed by atoms with E-state index < -0.39 is 0 Å². The Morgan fingerprint density at radius 3 is 2.24 bits per heavy atom. The molecule has 3 nitrogen and oxygen atoms in total. The van der Waals surface area contributed by atoms with Gasteiger partial charge in [-0.25, -0.2) is 0 Å². The van der Waals surface area contributed by atoms with Crippen molar-refractivity contribution in [2.45, 2.75) is 53.0 Å². The zero-order chi connectivity index (χ0) is 12.6. The molecule has 0 radical (unpaired) electrons. The highest BCUT2D eigenvalue weighted by molar-refractivity contribution is 5.78. The van der Waals surface area contributed by atoms with Crippen molar-refractivity contribution in [2.24, 2.45) is 11.8 Å². The summed E-state index contributed by atoms with van der Waals surface area (Å²) in [6.45, 7) is 8.56. The number of carbonyl (C=O) groups excluding carboxylic acids is 1. The molecule has 2 rings (SSSR count). The summed E-state index contributed by atoms with van der Waals surface area (Å²) in [4.78, 5) is 11.0. The summed E-state index contributed by atoms with van der Waals surface area (Å²) >= 11 is 0. The molecule has 0 saturated heterocycles. The maximum atomic E-state index is 11.0. The quantitative estimate of drug-likeness (QED) is 0.736. The zero-order valence-corrected chi connectivity index (χ0v) is 11.2. The zero-order valence-electron chi connectivity index (χ0n) is 11.2. The molecular weight excluding hydrogens is 212 g/mol. The van der Waals surface area contributed by atoms with Crippen LogP contribution in [0.2, 0.25) is 0 Å². The lowest BCUT2D eigenvalue weighted by Gasteiger charge is -2.32. The maximum Gasteiger partial charge on any atom is 0.153 e. The van der Waals surface area contributed by atoms with Gasteiger partial charge in [-0.15, -0.1) is 0 Å². The second-order valence-electron chi connectivity index (χ2n) is 5.72. The lowest BCUT2D eigenvalue weighted by atomic mass is 9.80. The summed E-state index contributed by atoms with van der Waals surface area (Å²) in [6.07, 6.45) is 4.62. The van der Waals surface area contributed by atoms with Crippen molar-refractivity contribution in [3.05, 3.63) is 17.0 Å². The average molecular weight is 234 g/mol. The van der Waals surface area contributed by atoms with E-state index in [-0.39, 0.29) is 0 Å². The molecule has 17 heavy (non-hydrogen) atoms. The number of aryl methyl sites for hydroxylation is 1. The van der Waals surface area contributed by atoms with E-state index in [0.717, 1.165) is 35.1 Å². The van der Waals surface area contributed by atoms with Gasteiger partial charge in [-0.1, -0.05) is 13.8 Å². The van der Waals surface area contributed by atoms with E-state index in [2.05, 4.69) is 23.6 Å². The van der Waals surface area contributed by atoms with Crippen LogP contribution in [0.3, 0.4) is 0 Å². The van der Waals surface area contributed by atoms with Gasteiger partial charge in [0.25, 0.3) is 0 Å². The van der Waals surface area contributed by atoms with Gasteiger partial charge in [0.15, 0.2) is 6.29 Å². The molecule has 0 bridgehead atoms. The Balaban J connectivity index is 2.30. The van der Waals surface area contributed by atoms with Crippen molar-refractivity contribution < 1.29 is 4.79 Å². The van der Waals surface area contributed by atoms with Gasteiger partial charge in [0.05, 0.1) is 17.3 Å². The minimum Gasteiger partial charge on any atom is -0.298 e. The third-order valence-corrected chi connectivity index (χ3v) is 4.00. The van der Waals surface area contributed by atoms with Crippen LogP contribution >= 0.6 is 0 Å². The molecule has 1 aromatic heterocycles. The summed E-state index contributed by atoms with van der Waals surface area (Å²) in [5.41, 5.74) is 2.67. The van der Waals surface area contributed by atoms with Crippen molar-refractivity contribution in [2.75, 3.05) is 0 Å². The van der Waals surface area contributed by atoms with Crippen LogP contribution in [0.4, 0.5) is 0 Å². The second-order valence-corrected chi connectivity index (χ2v) is 5.72. The number of hydrogen-bond donors (Lipinski definition) is 0. The molecule has 2 unspecified atom stereocenters. The Labute approximate surface area is 103 Å². The summed E-state index contributed by atoms with van der Waals surface area (Å²) in [5, 5.41) is 4.56. The topological polar surface area (TPSA) is 34.9 Å². The smallest absolute Gasteiger partial charge is 0.153 e. The molecule has 1 fully saturated rings. The van der Waals surface area contributed by atoms with Crippen LogP contribution in [0.5, 0.6) is 0 Å². The van der Waals surface area contributed by atoms with Crippen molar-refractivity contribution in [3.63, 3.8) is 0 Å². The Morgan fingerprint density at radius 1 is 1.18 bits per heavy atom. The van der Waals surface area contributed by atoms with E-state index in [0.29, 0.717) is 6.04 Å². The van der Waals surface area contributed by atoms with Gasteiger partial charge >= 0.3 is 0 Å². The van der Waals surface area contributed by atoms with Gasteiger partial charge < -0.3 is 0 Å². The molecule has 1 aliphatic carbocycles. The number of rotatable bonds is 2. The molecule has 0 aromatic carbocycles. The van der Waals surface area contributed by atoms with Crippen LogP contribution in [-0.2, 0) is 0 Å². The van der Waals surface area contributed by atoms with Gasteiger partial charge in [0.1, 0.15) is 0 Å². The normalized spacial score (nSPS) is 29.3. The molecule has 1 aromatic rings. The predicted molar refractivity (Wildman–Crippen MR) is 68.3 cm³/mol. The van der Waals surface area contributed by atoms with E-state index in [4.69, 9.17) is 0 Å². The first kappa shape index (κ1) is 12.3. The molecule has 3 heteroatoms. The number of aldehydes is 1. The largest absolute Gasteiger partial charge is 0.298 e. The van der Waals surface area contributed by atoms with Gasteiger partial charge in [-0.3, -0.25) is 9.48 Å². The molecule has 2 atom stereocenters. The van der Waals surface area contributed by atoms with Crippen LogP contribution < -0.4 is 0 Å². The van der Waals surface area contributed by atoms with Gasteiger partial charge in [0, 0.05) is 5.69 Å². The number of carbonyl (C=O) groups is 1. The molecule has 1 saturated carbocycles. The van der Waals surface area contributed by atoms with E-state index >= 15 is 0 Å². The Bertz CT molecular complexity index is 412. The van der Waals surface area contributed by atoms with Gasteiger partial charge in [0.2, 0.25) is 0 Å². The van der Waals surface area contributed by atoms with E-state index in [9.17, 15) is 4.79 Å². The molecule has 1 heterocycles. The van der Waals surface area contributed by atoms with Crippen LogP contribution in [0.25, 0.3) is 0 Å². The van der Waals surface area contributed by atoms with Crippen molar-refractivity contribution in [3.8, 4) is 0 Å². The standard InChI is InChI=1S/C14H22N2O/c1-9-5-10(2)7-13(6-9)16-12(4)14(8-17)11(3)15-16/h8-10,13H,5-7H2,1-4H3. The highest BCUT2D eigenvalue weighted by Gasteiger charge is 2.27. The van der Waals surface area contributed by atoms with E-state index in [1.54, 1.807) is 0 Å². The van der Waals surface area contributed by atoms with Crippen LogP contribution in [0, 0.1) is 25.7 Å². The van der Waals surface area contributed by atoms with E-state index in [1.165, 1.54) is 19.3 Å². The predicted octanol–water partition coefficient (Wildman–Crippen LogP) is 3.31. The van der Waals surface area contributed by atoms with Crippen molar-refractivity contribution >= 4 is 6.29 Å². The van der Waals surface area contributed by atoms with Gasteiger partial charge in [-0.05, 0) is 44.9 Å². The number of aromatic nitrogens is 2. The first-order valence-corrected chi connectivity index (χ1v) is 6.53. The molecule has 0 spiro atoms. The van der Waals surface area contributed by atoms with Crippen LogP contribution in [0.15, 0.2) is 0 Å². The monoisotopic (exact) mass is 234 g/mol. The second kappa shape index (κ2) is 4.63. The third-order valence-electron chi connectivity index (χ3n) is 4.00. The van der Waals surface area contributed by atoms with Crippen molar-refractivity contribution in [1.82, 2.24) is 9.78 Å². The van der Waals surface area contributed by atoms with E-state index in [1.807, 2.05) is 13.8 Å². The highest BCUT2D eigenvalue weighted by atomic mass is 16.1. The average Bonchev–Trinajstić information content (AvgIpc) is 2.52. The Morgan fingerprint density at radius 2 is 1.76 bits per heavy atom. The summed E-state index contributed by atoms with van der Waals surface area (Å²) < 4.78 is 2.09. The Hall–Kier alpha value is -1.12. The van der Waals surface area contributed by atoms with Crippen LogP contribution in [-0.4, -0.2) is 16.1 Å². The minimum absolute atomic E-state index is 0.473. The van der Waals surface area contributed by atoms with Crippen LogP contribution in [0.1, 0.15) is 60.9 Å². The molecule has 0 N–H and O–H groups in total. The molecule has 0 amide bonds. The minimum atomic E-state index is 0.473. The molecular formula is C14H22N2O. The third kappa shape index (κ3) is 2.28. The molecule has 1 aliphatic rings. The number of nitrogens with zero attached hydrogens (tertiary/aromatic N) is 2.